The summed E-state index contributed by atoms with van der Waals surface area (Å²) in [5, 5.41) is 8.89. The summed E-state index contributed by atoms with van der Waals surface area (Å²) in [6, 6.07) is 6.65. The fourth-order valence-electron chi connectivity index (χ4n) is 5.95. The number of amides is 5. The number of carbonyl (C=O) groups is 5. The molecule has 2 saturated heterocycles. The third-order valence-electron chi connectivity index (χ3n) is 8.80. The maximum Gasteiger partial charge on any atom is 0.416 e. The van der Waals surface area contributed by atoms with Gasteiger partial charge in [0.05, 0.1) is 45.1 Å². The monoisotopic (exact) mass is 664 g/mol. The molecule has 1 saturated carbocycles. The van der Waals surface area contributed by atoms with Crippen LogP contribution in [-0.4, -0.2) is 63.3 Å². The largest absolute Gasteiger partial charge is 0.416 e. The normalized spacial score (nSPS) is 20.3. The van der Waals surface area contributed by atoms with Crippen molar-refractivity contribution in [3.05, 3.63) is 76.1 Å². The lowest BCUT2D eigenvalue weighted by Crippen LogP contribution is -2.54. The van der Waals surface area contributed by atoms with Crippen LogP contribution in [0, 0.1) is 17.8 Å². The summed E-state index contributed by atoms with van der Waals surface area (Å²) in [6.45, 7) is 1.14. The number of hydrogen-bond acceptors (Lipinski definition) is 7. The van der Waals surface area contributed by atoms with Gasteiger partial charge in [-0.3, -0.25) is 38.9 Å². The van der Waals surface area contributed by atoms with Gasteiger partial charge in [0.1, 0.15) is 11.6 Å². The molecule has 3 aromatic rings. The van der Waals surface area contributed by atoms with E-state index in [9.17, 15) is 37.1 Å². The first-order chi connectivity index (χ1) is 22.3. The minimum Gasteiger partial charge on any atom is -0.369 e. The Hall–Kier alpha value is -5.16. The predicted molar refractivity (Wildman–Crippen MR) is 160 cm³/mol. The van der Waals surface area contributed by atoms with Gasteiger partial charge in [0.15, 0.2) is 0 Å². The number of nitrogens with zero attached hydrogens (tertiary/aromatic N) is 4. The van der Waals surface area contributed by atoms with Crippen LogP contribution in [0.4, 0.5) is 24.5 Å². The highest BCUT2D eigenvalue weighted by atomic mass is 35.5. The molecule has 4 aliphatic rings. The molecular formula is C32H24ClF3N6O5. The number of benzene rings is 2. The number of hydrogen-bond donors (Lipinski definition) is 2. The van der Waals surface area contributed by atoms with Gasteiger partial charge in [0.2, 0.25) is 11.8 Å². The molecule has 15 heteroatoms. The number of carbonyl (C=O) groups excluding carboxylic acids is 5. The van der Waals surface area contributed by atoms with E-state index in [0.29, 0.717) is 31.5 Å². The topological polar surface area (TPSA) is 134 Å². The number of alkyl halides is 3. The van der Waals surface area contributed by atoms with Crippen molar-refractivity contribution < 1.29 is 37.1 Å². The van der Waals surface area contributed by atoms with Gasteiger partial charge in [-0.25, -0.2) is 0 Å². The quantitative estimate of drug-likeness (QED) is 0.315. The van der Waals surface area contributed by atoms with Crippen LogP contribution in [0.3, 0.4) is 0 Å². The number of fused-ring (bicyclic) bond motifs is 1. The van der Waals surface area contributed by atoms with Crippen molar-refractivity contribution in [3.63, 3.8) is 0 Å². The molecule has 2 N–H and O–H groups in total. The van der Waals surface area contributed by atoms with Crippen LogP contribution in [0.2, 0.25) is 5.02 Å². The number of imide groups is 2. The smallest absolute Gasteiger partial charge is 0.369 e. The molecule has 1 aromatic heterocycles. The van der Waals surface area contributed by atoms with Crippen LogP contribution in [-0.2, 0) is 26.1 Å². The molecule has 1 unspecified atom stereocenters. The van der Waals surface area contributed by atoms with Crippen LogP contribution in [0.25, 0.3) is 0 Å². The molecular weight excluding hydrogens is 641 g/mol. The van der Waals surface area contributed by atoms with Crippen LogP contribution in [0.15, 0.2) is 48.8 Å². The van der Waals surface area contributed by atoms with Crippen molar-refractivity contribution in [1.29, 1.82) is 0 Å². The average molecular weight is 665 g/mol. The van der Waals surface area contributed by atoms with E-state index in [0.717, 1.165) is 28.8 Å². The van der Waals surface area contributed by atoms with Crippen molar-refractivity contribution in [2.45, 2.75) is 43.4 Å². The van der Waals surface area contributed by atoms with E-state index >= 15 is 0 Å². The van der Waals surface area contributed by atoms with Crippen molar-refractivity contribution in [2.24, 2.45) is 5.92 Å². The lowest BCUT2D eigenvalue weighted by Gasteiger charge is -2.38. The Morgan fingerprint density at radius 2 is 1.79 bits per heavy atom. The third kappa shape index (κ3) is 5.40. The van der Waals surface area contributed by atoms with Gasteiger partial charge in [-0.05, 0) is 55.7 Å². The maximum absolute atomic E-state index is 13.1. The maximum atomic E-state index is 13.1. The zero-order chi connectivity index (χ0) is 33.2. The van der Waals surface area contributed by atoms with Crippen LogP contribution in [0.1, 0.15) is 57.5 Å². The Balaban J connectivity index is 0.970. The van der Waals surface area contributed by atoms with Gasteiger partial charge >= 0.3 is 6.18 Å². The molecule has 4 heterocycles. The number of rotatable bonds is 5. The molecule has 3 fully saturated rings. The Morgan fingerprint density at radius 1 is 1.04 bits per heavy atom. The second-order valence-corrected chi connectivity index (χ2v) is 12.3. The molecule has 0 radical (unpaired) electrons. The molecule has 2 aromatic carbocycles. The van der Waals surface area contributed by atoms with E-state index in [1.807, 2.05) is 4.90 Å². The fraction of sp³-hybridized carbons (Fsp3) is 0.312. The molecule has 11 nitrogen and oxygen atoms in total. The Bertz CT molecular complexity index is 1950. The number of halogens is 4. The summed E-state index contributed by atoms with van der Waals surface area (Å²) >= 11 is 6.01. The van der Waals surface area contributed by atoms with Crippen molar-refractivity contribution in [3.8, 4) is 11.8 Å². The van der Waals surface area contributed by atoms with E-state index in [-0.39, 0.29) is 40.6 Å². The second kappa shape index (κ2) is 11.0. The first-order valence-corrected chi connectivity index (χ1v) is 15.1. The molecule has 47 heavy (non-hydrogen) atoms. The first kappa shape index (κ1) is 30.5. The highest BCUT2D eigenvalue weighted by Gasteiger charge is 2.53. The van der Waals surface area contributed by atoms with Crippen molar-refractivity contribution in [1.82, 2.24) is 20.0 Å². The molecule has 240 valence electrons. The summed E-state index contributed by atoms with van der Waals surface area (Å²) in [5.74, 6) is 3.59. The summed E-state index contributed by atoms with van der Waals surface area (Å²) in [5.41, 5.74) is -0.0904. The SMILES string of the molecule is O=C1CCC(N2C(=O)c3ccc(N4CC(C#Cc5cnn(C6(C(=O)Nc7ccc(C(F)(F)F)cc7Cl)CC6)c5)C4)cc3C2=O)C(=O)N1. The minimum atomic E-state index is -4.55. The number of piperidine rings is 1. The lowest BCUT2D eigenvalue weighted by atomic mass is 9.98. The van der Waals surface area contributed by atoms with E-state index in [1.165, 1.54) is 4.68 Å². The van der Waals surface area contributed by atoms with Crippen molar-refractivity contribution in [2.75, 3.05) is 23.3 Å². The standard InChI is InChI=1S/C32H24ClF3N6O5/c33-23-11-19(32(34,35)36)3-6-24(23)38-30(47)31(9-10-31)41-16-17(13-37-41)1-2-18-14-40(15-18)20-4-5-21-22(12-20)29(46)42(28(21)45)25-7-8-26(43)39-27(25)44/h3-6,11-13,16,18,25H,7-10,14-15H2,(H,38,47)(H,39,43,44). The highest BCUT2D eigenvalue weighted by Crippen LogP contribution is 2.45. The highest BCUT2D eigenvalue weighted by molar-refractivity contribution is 6.34. The Labute approximate surface area is 270 Å². The van der Waals surface area contributed by atoms with E-state index in [2.05, 4.69) is 27.6 Å². The summed E-state index contributed by atoms with van der Waals surface area (Å²) in [4.78, 5) is 65.9. The fourth-order valence-corrected chi connectivity index (χ4v) is 6.18. The second-order valence-electron chi connectivity index (χ2n) is 11.9. The molecule has 7 rings (SSSR count). The van der Waals surface area contributed by atoms with Gasteiger partial charge in [0, 0.05) is 31.4 Å². The van der Waals surface area contributed by atoms with Gasteiger partial charge < -0.3 is 10.2 Å². The van der Waals surface area contributed by atoms with E-state index in [4.69, 9.17) is 11.6 Å². The number of nitrogens with one attached hydrogen (secondary N) is 2. The van der Waals surface area contributed by atoms with Crippen LogP contribution >= 0.6 is 11.6 Å². The van der Waals surface area contributed by atoms with Gasteiger partial charge in [-0.1, -0.05) is 23.4 Å². The zero-order valence-electron chi connectivity index (χ0n) is 24.4. The molecule has 1 atom stereocenters. The average Bonchev–Trinajstić information content (AvgIpc) is 3.61. The molecule has 5 amide bonds. The van der Waals surface area contributed by atoms with E-state index < -0.39 is 52.9 Å². The Kier molecular flexibility index (Phi) is 7.12. The Morgan fingerprint density at radius 3 is 2.47 bits per heavy atom. The molecule has 1 aliphatic carbocycles. The predicted octanol–water partition coefficient (Wildman–Crippen LogP) is 3.57. The minimum absolute atomic E-state index is 0.00361. The van der Waals surface area contributed by atoms with Crippen LogP contribution in [0.5, 0.6) is 0 Å². The zero-order valence-corrected chi connectivity index (χ0v) is 25.1. The number of aromatic nitrogens is 2. The molecule has 3 aliphatic heterocycles. The first-order valence-electron chi connectivity index (χ1n) is 14.7. The number of anilines is 2. The van der Waals surface area contributed by atoms with Crippen molar-refractivity contribution >= 4 is 52.5 Å². The molecule has 0 spiro atoms. The lowest BCUT2D eigenvalue weighted by molar-refractivity contribution is -0.138. The third-order valence-corrected chi connectivity index (χ3v) is 9.12. The summed E-state index contributed by atoms with van der Waals surface area (Å²) < 4.78 is 40.4. The van der Waals surface area contributed by atoms with Gasteiger partial charge in [-0.2, -0.15) is 18.3 Å². The van der Waals surface area contributed by atoms with Gasteiger partial charge in [0.25, 0.3) is 17.7 Å². The summed E-state index contributed by atoms with van der Waals surface area (Å²) in [7, 11) is 0. The summed E-state index contributed by atoms with van der Waals surface area (Å²) in [6.07, 6.45) is -0.251. The van der Waals surface area contributed by atoms with E-state index in [1.54, 1.807) is 30.6 Å². The molecule has 0 bridgehead atoms. The van der Waals surface area contributed by atoms with Gasteiger partial charge in [-0.15, -0.1) is 0 Å². The van der Waals surface area contributed by atoms with Crippen LogP contribution < -0.4 is 15.5 Å².